The molecule has 4 heteroatoms. The van der Waals surface area contributed by atoms with Crippen molar-refractivity contribution in [2.45, 2.75) is 91.0 Å². The highest BCUT2D eigenvalue weighted by Crippen LogP contribution is 2.48. The average molecular weight is 296 g/mol. The molecule has 1 aliphatic carbocycles. The van der Waals surface area contributed by atoms with Crippen molar-refractivity contribution in [3.63, 3.8) is 0 Å². The molecule has 21 heavy (non-hydrogen) atoms. The van der Waals surface area contributed by atoms with Crippen LogP contribution in [0.1, 0.15) is 67.2 Å². The van der Waals surface area contributed by atoms with E-state index in [-0.39, 0.29) is 12.1 Å². The van der Waals surface area contributed by atoms with Crippen LogP contribution < -0.4 is 5.32 Å². The third-order valence-electron chi connectivity index (χ3n) is 5.07. The zero-order valence-corrected chi connectivity index (χ0v) is 14.5. The molecule has 0 aromatic rings. The smallest absolute Gasteiger partial charge is 0.410 e. The molecule has 3 atom stereocenters. The first kappa shape index (κ1) is 16.6. The summed E-state index contributed by atoms with van der Waals surface area (Å²) in [6.45, 7) is 13.3. The summed E-state index contributed by atoms with van der Waals surface area (Å²) in [7, 11) is 0. The predicted molar refractivity (Wildman–Crippen MR) is 85.4 cm³/mol. The molecule has 0 bridgehead atoms. The van der Waals surface area contributed by atoms with Gasteiger partial charge in [-0.3, -0.25) is 0 Å². The molecule has 1 amide bonds. The van der Waals surface area contributed by atoms with E-state index in [9.17, 15) is 4.79 Å². The van der Waals surface area contributed by atoms with Crippen molar-refractivity contribution in [1.82, 2.24) is 10.2 Å². The molecule has 1 saturated carbocycles. The first-order valence-electron chi connectivity index (χ1n) is 8.36. The fourth-order valence-electron chi connectivity index (χ4n) is 3.10. The Morgan fingerprint density at radius 3 is 2.48 bits per heavy atom. The van der Waals surface area contributed by atoms with Gasteiger partial charge in [0.15, 0.2) is 0 Å². The predicted octanol–water partition coefficient (Wildman–Crippen LogP) is 3.55. The second-order valence-electron chi connectivity index (χ2n) is 8.29. The Kier molecular flexibility index (Phi) is 4.57. The van der Waals surface area contributed by atoms with Crippen LogP contribution in [0.15, 0.2) is 0 Å². The fourth-order valence-corrected chi connectivity index (χ4v) is 3.10. The third-order valence-corrected chi connectivity index (χ3v) is 5.07. The molecule has 0 spiro atoms. The van der Waals surface area contributed by atoms with Gasteiger partial charge in [-0.2, -0.15) is 0 Å². The number of ether oxygens (including phenoxy) is 1. The Labute approximate surface area is 129 Å². The van der Waals surface area contributed by atoms with Crippen molar-refractivity contribution < 1.29 is 9.53 Å². The van der Waals surface area contributed by atoms with Crippen molar-refractivity contribution in [3.8, 4) is 0 Å². The summed E-state index contributed by atoms with van der Waals surface area (Å²) in [4.78, 5) is 14.1. The lowest BCUT2D eigenvalue weighted by Crippen LogP contribution is -2.53. The molecule has 1 N–H and O–H groups in total. The average Bonchev–Trinajstić information content (AvgIpc) is 3.06. The highest BCUT2D eigenvalue weighted by Gasteiger charge is 2.43. The first-order valence-corrected chi connectivity index (χ1v) is 8.36. The summed E-state index contributed by atoms with van der Waals surface area (Å²) >= 11 is 0. The van der Waals surface area contributed by atoms with E-state index in [0.717, 1.165) is 19.4 Å². The Hall–Kier alpha value is -0.770. The summed E-state index contributed by atoms with van der Waals surface area (Å²) in [5, 5.41) is 3.78. The van der Waals surface area contributed by atoms with E-state index >= 15 is 0 Å². The molecule has 0 aromatic heterocycles. The third kappa shape index (κ3) is 4.35. The molecule has 1 heterocycles. The molecule has 3 unspecified atom stereocenters. The van der Waals surface area contributed by atoms with Gasteiger partial charge in [0, 0.05) is 24.7 Å². The van der Waals surface area contributed by atoms with Gasteiger partial charge < -0.3 is 15.0 Å². The molecule has 4 nitrogen and oxygen atoms in total. The van der Waals surface area contributed by atoms with Crippen LogP contribution in [0, 0.1) is 5.41 Å². The van der Waals surface area contributed by atoms with Gasteiger partial charge >= 0.3 is 6.09 Å². The monoisotopic (exact) mass is 296 g/mol. The van der Waals surface area contributed by atoms with Gasteiger partial charge in [0.2, 0.25) is 0 Å². The van der Waals surface area contributed by atoms with Crippen LogP contribution in [-0.2, 0) is 4.74 Å². The van der Waals surface area contributed by atoms with E-state index in [1.165, 1.54) is 12.8 Å². The number of hydrogen-bond acceptors (Lipinski definition) is 3. The Morgan fingerprint density at radius 2 is 2.00 bits per heavy atom. The molecule has 2 rings (SSSR count). The Balaban J connectivity index is 1.83. The maximum atomic E-state index is 12.2. The van der Waals surface area contributed by atoms with Crippen molar-refractivity contribution >= 4 is 6.09 Å². The van der Waals surface area contributed by atoms with Gasteiger partial charge in [-0.05, 0) is 65.7 Å². The number of amides is 1. The van der Waals surface area contributed by atoms with Crippen LogP contribution in [0.3, 0.4) is 0 Å². The maximum absolute atomic E-state index is 12.2. The standard InChI is InChI=1S/C17H32N2O2/c1-12-11-14(18-13(2)17(6)8-9-17)7-10-19(12)15(20)21-16(3,4)5/h12-14,18H,7-11H2,1-6H3. The van der Waals surface area contributed by atoms with E-state index in [4.69, 9.17) is 4.74 Å². The number of carbonyl (C=O) groups is 1. The summed E-state index contributed by atoms with van der Waals surface area (Å²) in [5.74, 6) is 0. The van der Waals surface area contributed by atoms with Crippen molar-refractivity contribution in [1.29, 1.82) is 0 Å². The van der Waals surface area contributed by atoms with Crippen LogP contribution in [0.5, 0.6) is 0 Å². The lowest BCUT2D eigenvalue weighted by Gasteiger charge is -2.40. The molecular formula is C17H32N2O2. The fraction of sp³-hybridized carbons (Fsp3) is 0.941. The highest BCUT2D eigenvalue weighted by molar-refractivity contribution is 5.68. The molecule has 0 aromatic carbocycles. The Morgan fingerprint density at radius 1 is 1.38 bits per heavy atom. The van der Waals surface area contributed by atoms with E-state index in [1.807, 2.05) is 25.7 Å². The zero-order chi connectivity index (χ0) is 15.8. The van der Waals surface area contributed by atoms with Crippen LogP contribution in [0.4, 0.5) is 4.79 Å². The largest absolute Gasteiger partial charge is 0.444 e. The summed E-state index contributed by atoms with van der Waals surface area (Å²) in [5.41, 5.74) is 0.0898. The van der Waals surface area contributed by atoms with E-state index in [1.54, 1.807) is 0 Å². The SMILES string of the molecule is CC1CC(NC(C)C2(C)CC2)CCN1C(=O)OC(C)(C)C. The van der Waals surface area contributed by atoms with Gasteiger partial charge in [-0.1, -0.05) is 6.92 Å². The van der Waals surface area contributed by atoms with Gasteiger partial charge in [0.1, 0.15) is 5.60 Å². The second-order valence-corrected chi connectivity index (χ2v) is 8.29. The Bertz CT molecular complexity index is 385. The lowest BCUT2D eigenvalue weighted by atomic mass is 9.94. The topological polar surface area (TPSA) is 41.6 Å². The molecule has 122 valence electrons. The van der Waals surface area contributed by atoms with Crippen LogP contribution >= 0.6 is 0 Å². The molecule has 1 saturated heterocycles. The highest BCUT2D eigenvalue weighted by atomic mass is 16.6. The number of likely N-dealkylation sites (tertiary alicyclic amines) is 1. The van der Waals surface area contributed by atoms with Crippen LogP contribution in [-0.4, -0.2) is 41.3 Å². The molecule has 2 aliphatic rings. The van der Waals surface area contributed by atoms with E-state index < -0.39 is 5.60 Å². The minimum atomic E-state index is -0.416. The van der Waals surface area contributed by atoms with Gasteiger partial charge in [-0.15, -0.1) is 0 Å². The number of carbonyl (C=O) groups excluding carboxylic acids is 1. The maximum Gasteiger partial charge on any atom is 0.410 e. The van der Waals surface area contributed by atoms with Gasteiger partial charge in [-0.25, -0.2) is 4.79 Å². The lowest BCUT2D eigenvalue weighted by molar-refractivity contribution is 0.00873. The first-order chi connectivity index (χ1) is 9.61. The number of rotatable bonds is 3. The van der Waals surface area contributed by atoms with Crippen LogP contribution in [0.25, 0.3) is 0 Å². The van der Waals surface area contributed by atoms with Gasteiger partial charge in [0.25, 0.3) is 0 Å². The van der Waals surface area contributed by atoms with Crippen LogP contribution in [0.2, 0.25) is 0 Å². The number of piperidine rings is 1. The normalized spacial score (nSPS) is 29.9. The number of nitrogens with zero attached hydrogens (tertiary/aromatic N) is 1. The summed E-state index contributed by atoms with van der Waals surface area (Å²) < 4.78 is 5.49. The van der Waals surface area contributed by atoms with Crippen molar-refractivity contribution in [2.75, 3.05) is 6.54 Å². The van der Waals surface area contributed by atoms with Crippen molar-refractivity contribution in [3.05, 3.63) is 0 Å². The van der Waals surface area contributed by atoms with Gasteiger partial charge in [0.05, 0.1) is 0 Å². The second kappa shape index (κ2) is 5.79. The molecule has 1 aliphatic heterocycles. The minimum Gasteiger partial charge on any atom is -0.444 e. The number of hydrogen-bond donors (Lipinski definition) is 1. The molecule has 0 radical (unpaired) electrons. The van der Waals surface area contributed by atoms with E-state index in [0.29, 0.717) is 17.5 Å². The zero-order valence-electron chi connectivity index (χ0n) is 14.5. The summed E-state index contributed by atoms with van der Waals surface area (Å²) in [6, 6.07) is 1.33. The molecular weight excluding hydrogens is 264 g/mol. The van der Waals surface area contributed by atoms with E-state index in [2.05, 4.69) is 26.1 Å². The minimum absolute atomic E-state index is 0.171. The quantitative estimate of drug-likeness (QED) is 0.866. The summed E-state index contributed by atoms with van der Waals surface area (Å²) in [6.07, 6.45) is 4.54. The molecule has 2 fully saturated rings. The van der Waals surface area contributed by atoms with Crippen molar-refractivity contribution in [2.24, 2.45) is 5.41 Å². The number of nitrogens with one attached hydrogen (secondary N) is 1.